The van der Waals surface area contributed by atoms with Crippen LogP contribution < -0.4 is 24.4 Å². The topological polar surface area (TPSA) is 126 Å². The largest absolute Gasteiger partial charge is 0.497 e. The van der Waals surface area contributed by atoms with E-state index in [0.717, 1.165) is 30.2 Å². The Balaban J connectivity index is 1.51. The van der Waals surface area contributed by atoms with Crippen molar-refractivity contribution in [2.75, 3.05) is 48.8 Å². The van der Waals surface area contributed by atoms with Crippen molar-refractivity contribution >= 4 is 56.5 Å². The molecule has 0 aliphatic carbocycles. The third-order valence-electron chi connectivity index (χ3n) is 6.72. The van der Waals surface area contributed by atoms with Gasteiger partial charge in [0.2, 0.25) is 16.8 Å². The Morgan fingerprint density at radius 1 is 0.878 bits per heavy atom. The number of rotatable bonds is 10. The first-order valence-corrected chi connectivity index (χ1v) is 14.4. The van der Waals surface area contributed by atoms with Crippen LogP contribution in [0.2, 0.25) is 0 Å². The second kappa shape index (κ2) is 12.8. The van der Waals surface area contributed by atoms with E-state index >= 15 is 0 Å². The van der Waals surface area contributed by atoms with Crippen molar-refractivity contribution in [1.82, 2.24) is 14.9 Å². The molecule has 1 aromatic heterocycles. The summed E-state index contributed by atoms with van der Waals surface area (Å²) in [7, 11) is -0.120. The van der Waals surface area contributed by atoms with Crippen molar-refractivity contribution in [3.8, 4) is 11.5 Å². The Hall–Kier alpha value is -4.42. The fraction of sp³-hybridized carbons (Fsp3) is 0.276. The van der Waals surface area contributed by atoms with Gasteiger partial charge in [-0.25, -0.2) is 22.7 Å². The monoisotopic (exact) mass is 576 g/mol. The molecule has 214 valence electrons. The van der Waals surface area contributed by atoms with Crippen LogP contribution in [0.3, 0.4) is 0 Å². The summed E-state index contributed by atoms with van der Waals surface area (Å²) in [4.78, 5) is 24.2. The van der Waals surface area contributed by atoms with Crippen LogP contribution in [-0.2, 0) is 15.7 Å². The molecule has 1 amide bonds. The fourth-order valence-electron chi connectivity index (χ4n) is 4.77. The molecule has 3 aromatic carbocycles. The molecule has 0 bridgehead atoms. The van der Waals surface area contributed by atoms with E-state index in [1.807, 2.05) is 6.07 Å². The van der Waals surface area contributed by atoms with Crippen molar-refractivity contribution in [3.05, 3.63) is 66.7 Å². The van der Waals surface area contributed by atoms with Crippen LogP contribution in [0.25, 0.3) is 11.0 Å². The molecule has 2 N–H and O–H groups in total. The molecule has 0 unspecified atom stereocenters. The summed E-state index contributed by atoms with van der Waals surface area (Å²) in [5.41, 5.74) is 2.43. The van der Waals surface area contributed by atoms with E-state index < -0.39 is 10.9 Å². The molecule has 11 nitrogen and oxygen atoms in total. The number of nitrogens with zero attached hydrogens (tertiary/aromatic N) is 4. The van der Waals surface area contributed by atoms with Gasteiger partial charge in [0, 0.05) is 29.6 Å². The van der Waals surface area contributed by atoms with E-state index in [4.69, 9.17) is 14.5 Å². The summed E-state index contributed by atoms with van der Waals surface area (Å²) in [6.45, 7) is 2.08. The Bertz CT molecular complexity index is 1590. The van der Waals surface area contributed by atoms with Gasteiger partial charge in [0.15, 0.2) is 11.6 Å². The quantitative estimate of drug-likeness (QED) is 0.234. The molecule has 1 aliphatic rings. The number of methoxy groups -OCH3 is 2. The number of nitrogens with one attached hydrogen (secondary N) is 2. The molecule has 2 heterocycles. The molecule has 1 fully saturated rings. The predicted molar refractivity (Wildman–Crippen MR) is 160 cm³/mol. The maximum Gasteiger partial charge on any atom is 0.238 e. The van der Waals surface area contributed by atoms with E-state index in [2.05, 4.69) is 20.5 Å². The first-order valence-electron chi connectivity index (χ1n) is 13.3. The summed E-state index contributed by atoms with van der Waals surface area (Å²) in [5, 5.41) is 6.09. The van der Waals surface area contributed by atoms with Gasteiger partial charge >= 0.3 is 0 Å². The van der Waals surface area contributed by atoms with Gasteiger partial charge in [-0.1, -0.05) is 24.6 Å². The normalized spacial score (nSPS) is 13.6. The third-order valence-corrected chi connectivity index (χ3v) is 7.47. The number of ether oxygens (including phenoxy) is 2. The average molecular weight is 577 g/mol. The minimum absolute atomic E-state index is 0.0680. The molecule has 4 aromatic rings. The highest BCUT2D eigenvalue weighted by molar-refractivity contribution is 7.74. The van der Waals surface area contributed by atoms with Gasteiger partial charge in [0.1, 0.15) is 11.5 Å². The molecule has 0 radical (unpaired) electrons. The Morgan fingerprint density at radius 3 is 2.22 bits per heavy atom. The maximum atomic E-state index is 12.8. The highest BCUT2D eigenvalue weighted by Crippen LogP contribution is 2.35. The number of aromatic nitrogens is 2. The molecule has 0 spiro atoms. The van der Waals surface area contributed by atoms with Crippen LogP contribution in [0.4, 0.5) is 28.7 Å². The molecule has 41 heavy (non-hydrogen) atoms. The summed E-state index contributed by atoms with van der Waals surface area (Å²) in [5.74, 6) is 1.21. The number of piperidine rings is 1. The number of carbonyl (C=O) groups excluding carboxylic acids is 1. The van der Waals surface area contributed by atoms with E-state index in [-0.39, 0.29) is 24.1 Å². The summed E-state index contributed by atoms with van der Waals surface area (Å²) >= 11 is 0. The van der Waals surface area contributed by atoms with Crippen LogP contribution in [0.15, 0.2) is 66.7 Å². The first kappa shape index (κ1) is 28.1. The Kier molecular flexibility index (Phi) is 8.80. The van der Waals surface area contributed by atoms with Gasteiger partial charge in [-0.3, -0.25) is 9.69 Å². The standard InChI is InChI=1S/C29H32N6O5S/c1-39-23-16-21(17-24(18-23)40-2)31-28-29(33-26-12-5-4-11-25(26)32-28)35(41(37)38)22-10-8-9-20(15-22)30-27(36)19-34-13-6-3-7-14-34/h4-5,8-12,15-18,41H,3,6-7,13-14,19H2,1-2H3,(H,30,36)(H,31,32). The lowest BCUT2D eigenvalue weighted by atomic mass is 10.1. The highest BCUT2D eigenvalue weighted by Gasteiger charge is 2.22. The van der Waals surface area contributed by atoms with Gasteiger partial charge in [-0.15, -0.1) is 0 Å². The smallest absolute Gasteiger partial charge is 0.238 e. The number of benzene rings is 3. The Labute approximate surface area is 240 Å². The number of hydrogen-bond donors (Lipinski definition) is 3. The molecule has 1 aliphatic heterocycles. The summed E-state index contributed by atoms with van der Waals surface area (Å²) < 4.78 is 37.4. The SMILES string of the molecule is COc1cc(Nc2nc3ccccc3nc2N(c2cccc(NC(=O)CN3CCCCC3)c2)[SH](=O)=O)cc(OC)c1. The minimum atomic E-state index is -3.21. The molecule has 1 saturated heterocycles. The van der Waals surface area contributed by atoms with Gasteiger partial charge in [0.05, 0.1) is 37.5 Å². The van der Waals surface area contributed by atoms with Crippen LogP contribution in [0.1, 0.15) is 19.3 Å². The molecular formula is C29H32N6O5S. The molecule has 0 atom stereocenters. The number of likely N-dealkylation sites (tertiary alicyclic amines) is 1. The van der Waals surface area contributed by atoms with Crippen molar-refractivity contribution in [1.29, 1.82) is 0 Å². The zero-order chi connectivity index (χ0) is 28.8. The number of hydrogen-bond acceptors (Lipinski definition) is 9. The first-order chi connectivity index (χ1) is 19.9. The lowest BCUT2D eigenvalue weighted by Gasteiger charge is -2.25. The lowest BCUT2D eigenvalue weighted by Crippen LogP contribution is -2.36. The molecule has 5 rings (SSSR count). The third kappa shape index (κ3) is 6.84. The second-order valence-corrected chi connectivity index (χ2v) is 10.5. The minimum Gasteiger partial charge on any atom is -0.497 e. The highest BCUT2D eigenvalue weighted by atomic mass is 32.2. The number of fused-ring (bicyclic) bond motifs is 1. The van der Waals surface area contributed by atoms with Crippen molar-refractivity contribution < 1.29 is 22.7 Å². The van der Waals surface area contributed by atoms with Gasteiger partial charge in [-0.05, 0) is 56.3 Å². The van der Waals surface area contributed by atoms with Crippen LogP contribution >= 0.6 is 0 Å². The van der Waals surface area contributed by atoms with Crippen LogP contribution in [-0.4, -0.2) is 63.0 Å². The van der Waals surface area contributed by atoms with Gasteiger partial charge < -0.3 is 20.1 Å². The van der Waals surface area contributed by atoms with Gasteiger partial charge in [0.25, 0.3) is 0 Å². The second-order valence-electron chi connectivity index (χ2n) is 9.60. The maximum absolute atomic E-state index is 12.8. The number of anilines is 5. The zero-order valence-electron chi connectivity index (χ0n) is 22.9. The van der Waals surface area contributed by atoms with Crippen molar-refractivity contribution in [2.24, 2.45) is 0 Å². The van der Waals surface area contributed by atoms with E-state index in [1.165, 1.54) is 6.42 Å². The Morgan fingerprint density at radius 2 is 1.56 bits per heavy atom. The van der Waals surface area contributed by atoms with Crippen LogP contribution in [0.5, 0.6) is 11.5 Å². The zero-order valence-corrected chi connectivity index (χ0v) is 23.8. The van der Waals surface area contributed by atoms with E-state index in [9.17, 15) is 13.2 Å². The fourth-order valence-corrected chi connectivity index (χ4v) is 5.38. The van der Waals surface area contributed by atoms with Crippen molar-refractivity contribution in [3.63, 3.8) is 0 Å². The average Bonchev–Trinajstić information content (AvgIpc) is 2.97. The van der Waals surface area contributed by atoms with E-state index in [0.29, 0.717) is 39.6 Å². The molecule has 0 saturated carbocycles. The van der Waals surface area contributed by atoms with E-state index in [1.54, 1.807) is 74.9 Å². The van der Waals surface area contributed by atoms with Crippen molar-refractivity contribution in [2.45, 2.75) is 19.3 Å². The number of amides is 1. The summed E-state index contributed by atoms with van der Waals surface area (Å²) in [6, 6.07) is 19.1. The summed E-state index contributed by atoms with van der Waals surface area (Å²) in [6.07, 6.45) is 3.35. The molecule has 12 heteroatoms. The number of thiol groups is 1. The number of carbonyl (C=O) groups is 1. The van der Waals surface area contributed by atoms with Gasteiger partial charge in [-0.2, -0.15) is 0 Å². The molecular weight excluding hydrogens is 544 g/mol. The lowest BCUT2D eigenvalue weighted by molar-refractivity contribution is -0.117. The van der Waals surface area contributed by atoms with Crippen LogP contribution in [0, 0.1) is 0 Å². The predicted octanol–water partition coefficient (Wildman–Crippen LogP) is 4.48. The number of para-hydroxylation sites is 2.